The zero-order valence-corrected chi connectivity index (χ0v) is 15.4. The molecule has 0 bridgehead atoms. The molecule has 0 aliphatic carbocycles. The Bertz CT molecular complexity index is 1130. The molecule has 4 rings (SSSR count). The molecule has 0 radical (unpaired) electrons. The molecular formula is C19H20N8. The Morgan fingerprint density at radius 1 is 1.07 bits per heavy atom. The summed E-state index contributed by atoms with van der Waals surface area (Å²) in [7, 11) is 0. The number of aromatic nitrogens is 6. The second-order valence-corrected chi connectivity index (χ2v) is 6.25. The zero-order chi connectivity index (χ0) is 19.0. The van der Waals surface area contributed by atoms with Crippen LogP contribution in [0.3, 0.4) is 0 Å². The number of hydrogen-bond acceptors (Lipinski definition) is 7. The summed E-state index contributed by atoms with van der Waals surface area (Å²) in [4.78, 5) is 22.0. The monoisotopic (exact) mass is 360 g/mol. The van der Waals surface area contributed by atoms with E-state index in [2.05, 4.69) is 50.2 Å². The minimum Gasteiger partial charge on any atom is -0.368 e. The molecule has 136 valence electrons. The summed E-state index contributed by atoms with van der Waals surface area (Å²) in [6.45, 7) is 6.88. The van der Waals surface area contributed by atoms with Gasteiger partial charge in [-0.15, -0.1) is 0 Å². The van der Waals surface area contributed by atoms with Gasteiger partial charge in [0.1, 0.15) is 11.2 Å². The molecule has 27 heavy (non-hydrogen) atoms. The number of nitrogens with two attached hydrogens (primary N) is 1. The van der Waals surface area contributed by atoms with Crippen LogP contribution in [0.15, 0.2) is 36.7 Å². The van der Waals surface area contributed by atoms with Crippen LogP contribution in [0.4, 0.5) is 17.6 Å². The molecule has 1 aromatic carbocycles. The van der Waals surface area contributed by atoms with E-state index >= 15 is 0 Å². The standard InChI is InChI=1S/C19H20N8/c1-4-27-16(14-8-9-21-18(20)24-14)23-15-10-22-19(26-17(15)27)25-13-7-5-6-11(2)12(13)3/h5-10H,4H2,1-3H3,(H2,20,21,24)(H,22,25,26). The van der Waals surface area contributed by atoms with E-state index in [0.29, 0.717) is 29.5 Å². The van der Waals surface area contributed by atoms with Gasteiger partial charge >= 0.3 is 0 Å². The molecule has 0 fully saturated rings. The third-order valence-corrected chi connectivity index (χ3v) is 4.56. The molecule has 0 unspecified atom stereocenters. The van der Waals surface area contributed by atoms with Crippen LogP contribution in [0.5, 0.6) is 0 Å². The fourth-order valence-corrected chi connectivity index (χ4v) is 2.98. The van der Waals surface area contributed by atoms with Gasteiger partial charge in [0.25, 0.3) is 0 Å². The molecular weight excluding hydrogens is 340 g/mol. The van der Waals surface area contributed by atoms with Gasteiger partial charge in [-0.05, 0) is 44.0 Å². The van der Waals surface area contributed by atoms with Gasteiger partial charge in [-0.1, -0.05) is 12.1 Å². The van der Waals surface area contributed by atoms with Gasteiger partial charge in [-0.25, -0.2) is 19.9 Å². The van der Waals surface area contributed by atoms with Crippen molar-refractivity contribution in [2.75, 3.05) is 11.1 Å². The Balaban J connectivity index is 1.79. The summed E-state index contributed by atoms with van der Waals surface area (Å²) >= 11 is 0. The summed E-state index contributed by atoms with van der Waals surface area (Å²) in [5, 5.41) is 3.31. The highest BCUT2D eigenvalue weighted by Crippen LogP contribution is 2.25. The minimum atomic E-state index is 0.213. The van der Waals surface area contributed by atoms with Gasteiger partial charge in [-0.3, -0.25) is 0 Å². The SMILES string of the molecule is CCn1c(-c2ccnc(N)n2)nc2cnc(Nc3cccc(C)c3C)nc21. The summed E-state index contributed by atoms with van der Waals surface area (Å²) in [5.74, 6) is 1.44. The summed E-state index contributed by atoms with van der Waals surface area (Å²) in [5.41, 5.74) is 11.2. The highest BCUT2D eigenvalue weighted by Gasteiger charge is 2.15. The number of imidazole rings is 1. The van der Waals surface area contributed by atoms with Crippen molar-refractivity contribution in [2.24, 2.45) is 0 Å². The van der Waals surface area contributed by atoms with Crippen molar-refractivity contribution < 1.29 is 0 Å². The lowest BCUT2D eigenvalue weighted by molar-refractivity contribution is 0.783. The first-order valence-corrected chi connectivity index (χ1v) is 8.72. The number of aryl methyl sites for hydroxylation is 2. The summed E-state index contributed by atoms with van der Waals surface area (Å²) in [6, 6.07) is 7.89. The van der Waals surface area contributed by atoms with E-state index < -0.39 is 0 Å². The van der Waals surface area contributed by atoms with Crippen molar-refractivity contribution in [3.63, 3.8) is 0 Å². The largest absolute Gasteiger partial charge is 0.368 e. The second-order valence-electron chi connectivity index (χ2n) is 6.25. The maximum atomic E-state index is 5.72. The van der Waals surface area contributed by atoms with Gasteiger partial charge in [0.05, 0.1) is 6.20 Å². The fourth-order valence-electron chi connectivity index (χ4n) is 2.98. The van der Waals surface area contributed by atoms with E-state index in [0.717, 1.165) is 11.3 Å². The van der Waals surface area contributed by atoms with E-state index in [9.17, 15) is 0 Å². The highest BCUT2D eigenvalue weighted by atomic mass is 15.2. The van der Waals surface area contributed by atoms with Crippen LogP contribution in [0, 0.1) is 13.8 Å². The normalized spacial score (nSPS) is 11.1. The maximum Gasteiger partial charge on any atom is 0.229 e. The lowest BCUT2D eigenvalue weighted by Gasteiger charge is -2.10. The quantitative estimate of drug-likeness (QED) is 0.575. The topological polar surface area (TPSA) is 107 Å². The number of hydrogen-bond donors (Lipinski definition) is 2. The first-order chi connectivity index (χ1) is 13.1. The van der Waals surface area contributed by atoms with E-state index in [1.54, 1.807) is 18.5 Å². The number of rotatable bonds is 4. The molecule has 8 nitrogen and oxygen atoms in total. The smallest absolute Gasteiger partial charge is 0.229 e. The van der Waals surface area contributed by atoms with Gasteiger partial charge in [0.15, 0.2) is 11.5 Å². The number of fused-ring (bicyclic) bond motifs is 1. The Labute approximate surface area is 156 Å². The predicted molar refractivity (Wildman–Crippen MR) is 106 cm³/mol. The summed E-state index contributed by atoms with van der Waals surface area (Å²) in [6.07, 6.45) is 3.34. The molecule has 0 spiro atoms. The minimum absolute atomic E-state index is 0.213. The number of benzene rings is 1. The molecule has 0 atom stereocenters. The van der Waals surface area contributed by atoms with E-state index in [1.807, 2.05) is 23.6 Å². The molecule has 3 heterocycles. The number of anilines is 3. The van der Waals surface area contributed by atoms with Crippen LogP contribution < -0.4 is 11.1 Å². The van der Waals surface area contributed by atoms with Crippen LogP contribution in [0.25, 0.3) is 22.7 Å². The zero-order valence-electron chi connectivity index (χ0n) is 15.4. The molecule has 0 amide bonds. The van der Waals surface area contributed by atoms with Crippen molar-refractivity contribution in [3.8, 4) is 11.5 Å². The average molecular weight is 360 g/mol. The van der Waals surface area contributed by atoms with Crippen molar-refractivity contribution in [2.45, 2.75) is 27.3 Å². The molecule has 0 aliphatic rings. The Kier molecular flexibility index (Phi) is 4.15. The van der Waals surface area contributed by atoms with E-state index in [1.165, 1.54) is 11.1 Å². The van der Waals surface area contributed by atoms with Crippen LogP contribution in [0.1, 0.15) is 18.1 Å². The van der Waals surface area contributed by atoms with Gasteiger partial charge in [0, 0.05) is 18.4 Å². The third kappa shape index (κ3) is 3.05. The lowest BCUT2D eigenvalue weighted by atomic mass is 10.1. The van der Waals surface area contributed by atoms with Gasteiger partial charge in [0.2, 0.25) is 11.9 Å². The van der Waals surface area contributed by atoms with Crippen LogP contribution in [0.2, 0.25) is 0 Å². The second kappa shape index (κ2) is 6.64. The third-order valence-electron chi connectivity index (χ3n) is 4.56. The molecule has 3 N–H and O–H groups in total. The molecule has 0 saturated carbocycles. The number of nitrogens with zero attached hydrogens (tertiary/aromatic N) is 6. The first kappa shape index (κ1) is 16.9. The molecule has 3 aromatic heterocycles. The predicted octanol–water partition coefficient (Wildman–Crippen LogP) is 3.25. The maximum absolute atomic E-state index is 5.72. The molecule has 0 aliphatic heterocycles. The Morgan fingerprint density at radius 2 is 1.93 bits per heavy atom. The summed E-state index contributed by atoms with van der Waals surface area (Å²) < 4.78 is 1.99. The molecule has 4 aromatic rings. The van der Waals surface area contributed by atoms with Crippen molar-refractivity contribution in [1.82, 2.24) is 29.5 Å². The lowest BCUT2D eigenvalue weighted by Crippen LogP contribution is -2.04. The average Bonchev–Trinajstić information content (AvgIpc) is 3.03. The van der Waals surface area contributed by atoms with Gasteiger partial charge < -0.3 is 15.6 Å². The van der Waals surface area contributed by atoms with Crippen molar-refractivity contribution in [3.05, 3.63) is 47.8 Å². The highest BCUT2D eigenvalue weighted by molar-refractivity contribution is 5.77. The fraction of sp³-hybridized carbons (Fsp3) is 0.211. The van der Waals surface area contributed by atoms with Crippen molar-refractivity contribution >= 4 is 28.7 Å². The Hall–Kier alpha value is -3.55. The molecule has 8 heteroatoms. The van der Waals surface area contributed by atoms with Crippen molar-refractivity contribution in [1.29, 1.82) is 0 Å². The van der Waals surface area contributed by atoms with E-state index in [4.69, 9.17) is 5.73 Å². The first-order valence-electron chi connectivity index (χ1n) is 8.72. The van der Waals surface area contributed by atoms with Gasteiger partial charge in [-0.2, -0.15) is 4.98 Å². The number of nitrogens with one attached hydrogen (secondary N) is 1. The van der Waals surface area contributed by atoms with Crippen LogP contribution in [-0.2, 0) is 6.54 Å². The van der Waals surface area contributed by atoms with Crippen LogP contribution in [-0.4, -0.2) is 29.5 Å². The Morgan fingerprint density at radius 3 is 2.70 bits per heavy atom. The number of nitrogen functional groups attached to an aromatic ring is 1. The van der Waals surface area contributed by atoms with Crippen LogP contribution >= 0.6 is 0 Å². The molecule has 0 saturated heterocycles. The van der Waals surface area contributed by atoms with E-state index in [-0.39, 0.29) is 5.95 Å².